The van der Waals surface area contributed by atoms with Gasteiger partial charge in [0.2, 0.25) is 0 Å². The number of ether oxygens (including phenoxy) is 2. The smallest absolute Gasteiger partial charge is 0.257 e. The Morgan fingerprint density at radius 2 is 1.97 bits per heavy atom. The number of carbonyl (C=O) groups is 2. The van der Waals surface area contributed by atoms with Crippen LogP contribution in [0.5, 0.6) is 17.2 Å². The lowest BCUT2D eigenvalue weighted by Gasteiger charge is -2.24. The zero-order valence-electron chi connectivity index (χ0n) is 19.9. The summed E-state index contributed by atoms with van der Waals surface area (Å²) in [5, 5.41) is 6.93. The molecule has 9 nitrogen and oxygen atoms in total. The molecule has 2 aliphatic heterocycles. The molecule has 4 heterocycles. The first kappa shape index (κ1) is 23.4. The molecule has 1 amide bonds. The lowest BCUT2D eigenvalue weighted by atomic mass is 9.99. The fourth-order valence-corrected chi connectivity index (χ4v) is 3.66. The van der Waals surface area contributed by atoms with E-state index in [1.54, 1.807) is 48.3 Å². The van der Waals surface area contributed by atoms with Crippen LogP contribution < -0.4 is 14.8 Å². The number of nitrogens with zero attached hydrogens (tertiary/aromatic N) is 4. The predicted octanol–water partition coefficient (Wildman–Crippen LogP) is 3.71. The summed E-state index contributed by atoms with van der Waals surface area (Å²) in [6.45, 7) is 6.59. The summed E-state index contributed by atoms with van der Waals surface area (Å²) in [5.41, 5.74) is 1.18. The van der Waals surface area contributed by atoms with Crippen molar-refractivity contribution in [2.24, 2.45) is 7.05 Å². The van der Waals surface area contributed by atoms with Crippen LogP contribution in [-0.4, -0.2) is 57.6 Å². The lowest BCUT2D eigenvalue weighted by molar-refractivity contribution is 0.102. The Bertz CT molecular complexity index is 1180. The molecule has 0 aliphatic carbocycles. The van der Waals surface area contributed by atoms with E-state index in [1.165, 1.54) is 25.7 Å². The second-order valence-electron chi connectivity index (χ2n) is 9.11. The first-order valence-electron chi connectivity index (χ1n) is 11.2. The monoisotopic (exact) mass is 463 g/mol. The van der Waals surface area contributed by atoms with Gasteiger partial charge in [0.1, 0.15) is 28.5 Å². The Morgan fingerprint density at radius 1 is 1.21 bits per heavy atom. The second-order valence-corrected chi connectivity index (χ2v) is 9.11. The third-order valence-electron chi connectivity index (χ3n) is 5.56. The van der Waals surface area contributed by atoms with Gasteiger partial charge in [-0.15, -0.1) is 0 Å². The van der Waals surface area contributed by atoms with Crippen LogP contribution in [0.3, 0.4) is 0 Å². The van der Waals surface area contributed by atoms with Gasteiger partial charge in [0, 0.05) is 36.9 Å². The number of amides is 1. The average molecular weight is 464 g/mol. The van der Waals surface area contributed by atoms with Crippen molar-refractivity contribution >= 4 is 18.0 Å². The van der Waals surface area contributed by atoms with E-state index in [9.17, 15) is 9.59 Å². The van der Waals surface area contributed by atoms with Gasteiger partial charge in [0.25, 0.3) is 5.91 Å². The molecule has 178 valence electrons. The van der Waals surface area contributed by atoms with Gasteiger partial charge in [-0.1, -0.05) is 0 Å². The number of aromatic nitrogens is 3. The SMILES string of the molecule is CN1CCC1.Cn1ccc(NC(=O)c2cc(Oc3ccc(C=O)nc3)c3c(c2)OC(C)(C)C3)n1. The molecule has 1 aromatic carbocycles. The lowest BCUT2D eigenvalue weighted by Crippen LogP contribution is -2.32. The summed E-state index contributed by atoms with van der Waals surface area (Å²) in [4.78, 5) is 29.9. The third kappa shape index (κ3) is 5.60. The van der Waals surface area contributed by atoms with Crippen molar-refractivity contribution in [3.05, 3.63) is 59.5 Å². The summed E-state index contributed by atoms with van der Waals surface area (Å²) in [6, 6.07) is 8.33. The Balaban J connectivity index is 0.000000486. The minimum absolute atomic E-state index is 0.315. The van der Waals surface area contributed by atoms with Crippen LogP contribution in [0.15, 0.2) is 42.7 Å². The number of hydrogen-bond acceptors (Lipinski definition) is 7. The number of pyridine rings is 1. The number of rotatable bonds is 5. The number of benzene rings is 1. The first-order chi connectivity index (χ1) is 16.2. The summed E-state index contributed by atoms with van der Waals surface area (Å²) in [5.74, 6) is 1.72. The van der Waals surface area contributed by atoms with E-state index in [0.29, 0.717) is 47.0 Å². The molecule has 1 saturated heterocycles. The fourth-order valence-electron chi connectivity index (χ4n) is 3.66. The summed E-state index contributed by atoms with van der Waals surface area (Å²) in [7, 11) is 3.92. The van der Waals surface area contributed by atoms with Crippen molar-refractivity contribution in [1.82, 2.24) is 19.7 Å². The minimum atomic E-state index is -0.407. The molecule has 2 aliphatic rings. The highest BCUT2D eigenvalue weighted by atomic mass is 16.5. The van der Waals surface area contributed by atoms with Gasteiger partial charge >= 0.3 is 0 Å². The molecule has 0 bridgehead atoms. The first-order valence-corrected chi connectivity index (χ1v) is 11.2. The molecule has 0 saturated carbocycles. The fraction of sp³-hybridized carbons (Fsp3) is 0.360. The van der Waals surface area contributed by atoms with E-state index in [-0.39, 0.29) is 5.91 Å². The zero-order chi connectivity index (χ0) is 24.3. The number of nitrogens with one attached hydrogen (secondary N) is 1. The van der Waals surface area contributed by atoms with Crippen LogP contribution in [0.2, 0.25) is 0 Å². The topological polar surface area (TPSA) is 98.6 Å². The van der Waals surface area contributed by atoms with Gasteiger partial charge < -0.3 is 19.7 Å². The van der Waals surface area contributed by atoms with Crippen LogP contribution in [-0.2, 0) is 13.5 Å². The Kier molecular flexibility index (Phi) is 6.65. The third-order valence-corrected chi connectivity index (χ3v) is 5.56. The second kappa shape index (κ2) is 9.64. The van der Waals surface area contributed by atoms with E-state index in [4.69, 9.17) is 9.47 Å². The zero-order valence-corrected chi connectivity index (χ0v) is 19.9. The highest BCUT2D eigenvalue weighted by Gasteiger charge is 2.34. The van der Waals surface area contributed by atoms with Gasteiger partial charge in [-0.3, -0.25) is 14.3 Å². The number of anilines is 1. The molecule has 2 aromatic heterocycles. The summed E-state index contributed by atoms with van der Waals surface area (Å²) in [6.07, 6.45) is 5.93. The van der Waals surface area contributed by atoms with E-state index in [1.807, 2.05) is 13.8 Å². The van der Waals surface area contributed by atoms with Gasteiger partial charge in [0.05, 0.1) is 6.20 Å². The number of carbonyl (C=O) groups excluding carboxylic acids is 2. The molecule has 3 aromatic rings. The Labute approximate surface area is 198 Å². The van der Waals surface area contributed by atoms with Crippen LogP contribution in [0.4, 0.5) is 5.82 Å². The normalized spacial score (nSPS) is 15.8. The maximum atomic E-state index is 12.8. The Morgan fingerprint density at radius 3 is 2.53 bits per heavy atom. The van der Waals surface area contributed by atoms with Crippen LogP contribution in [0, 0.1) is 0 Å². The number of hydrogen-bond donors (Lipinski definition) is 1. The van der Waals surface area contributed by atoms with E-state index in [0.717, 1.165) is 5.56 Å². The molecule has 9 heteroatoms. The molecule has 0 radical (unpaired) electrons. The maximum Gasteiger partial charge on any atom is 0.257 e. The number of aldehydes is 1. The molecule has 1 fully saturated rings. The highest BCUT2D eigenvalue weighted by Crippen LogP contribution is 2.43. The van der Waals surface area contributed by atoms with Crippen molar-refractivity contribution in [3.63, 3.8) is 0 Å². The number of fused-ring (bicyclic) bond motifs is 1. The van der Waals surface area contributed by atoms with Crippen molar-refractivity contribution in [3.8, 4) is 17.2 Å². The van der Waals surface area contributed by atoms with E-state index < -0.39 is 5.60 Å². The number of aryl methyl sites for hydroxylation is 1. The molecule has 34 heavy (non-hydrogen) atoms. The van der Waals surface area contributed by atoms with Crippen LogP contribution in [0.25, 0.3) is 0 Å². The quantitative estimate of drug-likeness (QED) is 0.576. The van der Waals surface area contributed by atoms with Gasteiger partial charge in [-0.05, 0) is 64.7 Å². The number of likely N-dealkylation sites (tertiary alicyclic amines) is 1. The van der Waals surface area contributed by atoms with Crippen molar-refractivity contribution < 1.29 is 19.1 Å². The molecule has 0 spiro atoms. The van der Waals surface area contributed by atoms with Crippen LogP contribution in [0.1, 0.15) is 46.7 Å². The van der Waals surface area contributed by atoms with Gasteiger partial charge in [-0.25, -0.2) is 4.98 Å². The molecule has 1 N–H and O–H groups in total. The average Bonchev–Trinajstić information content (AvgIpc) is 3.33. The molecule has 5 rings (SSSR count). The van der Waals surface area contributed by atoms with Gasteiger partial charge in [-0.2, -0.15) is 5.10 Å². The van der Waals surface area contributed by atoms with Crippen molar-refractivity contribution in [2.45, 2.75) is 32.3 Å². The molecule has 0 unspecified atom stereocenters. The van der Waals surface area contributed by atoms with Crippen molar-refractivity contribution in [1.29, 1.82) is 0 Å². The molecular formula is C25H29N5O4. The highest BCUT2D eigenvalue weighted by molar-refractivity contribution is 6.04. The Hall–Kier alpha value is -3.72. The van der Waals surface area contributed by atoms with Crippen molar-refractivity contribution in [2.75, 3.05) is 25.5 Å². The standard InChI is InChI=1S/C21H20N4O4.C4H9N/c1-21(2)10-16-17(28-15-5-4-14(12-26)22-11-15)8-13(9-18(16)29-21)20(27)23-19-6-7-25(3)24-19;1-5-3-2-4-5/h4-9,11-12H,10H2,1-3H3,(H,23,24,27);2-4H2,1H3. The predicted molar refractivity (Wildman–Crippen MR) is 128 cm³/mol. The maximum absolute atomic E-state index is 12.8. The minimum Gasteiger partial charge on any atom is -0.487 e. The molecular weight excluding hydrogens is 434 g/mol. The molecule has 0 atom stereocenters. The van der Waals surface area contributed by atoms with Crippen LogP contribution >= 0.6 is 0 Å². The summed E-state index contributed by atoms with van der Waals surface area (Å²) >= 11 is 0. The largest absolute Gasteiger partial charge is 0.487 e. The summed E-state index contributed by atoms with van der Waals surface area (Å²) < 4.78 is 13.6. The van der Waals surface area contributed by atoms with E-state index in [2.05, 4.69) is 27.3 Å². The van der Waals surface area contributed by atoms with Gasteiger partial charge in [0.15, 0.2) is 12.1 Å². The van der Waals surface area contributed by atoms with E-state index >= 15 is 0 Å².